The molecule has 0 spiro atoms. The third-order valence-electron chi connectivity index (χ3n) is 4.94. The molecule has 1 aliphatic heterocycles. The van der Waals surface area contributed by atoms with E-state index in [0.717, 1.165) is 31.4 Å². The predicted octanol–water partition coefficient (Wildman–Crippen LogP) is 4.05. The summed E-state index contributed by atoms with van der Waals surface area (Å²) < 4.78 is 52.6. The highest BCUT2D eigenvalue weighted by Crippen LogP contribution is 2.30. The van der Waals surface area contributed by atoms with E-state index in [4.69, 9.17) is 9.47 Å². The number of nitrogens with one attached hydrogen (secondary N) is 1. The van der Waals surface area contributed by atoms with E-state index in [1.54, 1.807) is 18.2 Å². The van der Waals surface area contributed by atoms with Gasteiger partial charge in [0, 0.05) is 24.7 Å². The van der Waals surface area contributed by atoms with Gasteiger partial charge >= 0.3 is 0 Å². The first-order valence-electron chi connectivity index (χ1n) is 10.4. The summed E-state index contributed by atoms with van der Waals surface area (Å²) >= 11 is 0. The second kappa shape index (κ2) is 10.1. The van der Waals surface area contributed by atoms with Crippen LogP contribution in [-0.2, 0) is 10.0 Å². The molecule has 0 atom stereocenters. The van der Waals surface area contributed by atoms with Crippen molar-refractivity contribution in [3.05, 3.63) is 47.8 Å². The molecule has 2 aromatic carbocycles. The summed E-state index contributed by atoms with van der Waals surface area (Å²) in [5.41, 5.74) is 0.406. The van der Waals surface area contributed by atoms with Crippen LogP contribution in [-0.4, -0.2) is 44.9 Å². The zero-order valence-electron chi connectivity index (χ0n) is 17.7. The van der Waals surface area contributed by atoms with Crippen LogP contribution in [0.3, 0.4) is 0 Å². The minimum absolute atomic E-state index is 0.0289. The molecule has 1 fully saturated rings. The van der Waals surface area contributed by atoms with Gasteiger partial charge in [0.1, 0.15) is 22.2 Å². The summed E-state index contributed by atoms with van der Waals surface area (Å²) in [7, 11) is -4.02. The Morgan fingerprint density at radius 2 is 1.74 bits per heavy atom. The number of rotatable bonds is 8. The Kier molecular flexibility index (Phi) is 7.50. The predicted molar refractivity (Wildman–Crippen MR) is 116 cm³/mol. The van der Waals surface area contributed by atoms with Crippen LogP contribution in [0.5, 0.6) is 11.5 Å². The zero-order chi connectivity index (χ0) is 22.4. The van der Waals surface area contributed by atoms with Crippen molar-refractivity contribution in [3.63, 3.8) is 0 Å². The lowest BCUT2D eigenvalue weighted by molar-refractivity contribution is 0.102. The molecule has 0 bridgehead atoms. The topological polar surface area (TPSA) is 84.9 Å². The van der Waals surface area contributed by atoms with E-state index in [0.29, 0.717) is 43.5 Å². The number of hydrogen-bond acceptors (Lipinski definition) is 5. The van der Waals surface area contributed by atoms with Crippen LogP contribution in [0.15, 0.2) is 41.3 Å². The average molecular weight is 451 g/mol. The van der Waals surface area contributed by atoms with Gasteiger partial charge in [-0.1, -0.05) is 6.42 Å². The van der Waals surface area contributed by atoms with Gasteiger partial charge in [-0.25, -0.2) is 12.8 Å². The van der Waals surface area contributed by atoms with Gasteiger partial charge in [0.2, 0.25) is 10.0 Å². The van der Waals surface area contributed by atoms with Gasteiger partial charge in [-0.2, -0.15) is 4.31 Å². The van der Waals surface area contributed by atoms with Crippen molar-refractivity contribution in [2.75, 3.05) is 31.6 Å². The van der Waals surface area contributed by atoms with Crippen molar-refractivity contribution in [1.82, 2.24) is 4.31 Å². The third-order valence-corrected chi connectivity index (χ3v) is 6.85. The molecule has 7 nitrogen and oxygen atoms in total. The minimum Gasteiger partial charge on any atom is -0.494 e. The molecule has 0 aromatic heterocycles. The minimum atomic E-state index is -4.02. The zero-order valence-corrected chi connectivity index (χ0v) is 18.5. The fourth-order valence-electron chi connectivity index (χ4n) is 3.43. The van der Waals surface area contributed by atoms with Crippen molar-refractivity contribution >= 4 is 21.6 Å². The average Bonchev–Trinajstić information content (AvgIpc) is 2.76. The van der Waals surface area contributed by atoms with Crippen LogP contribution in [0.25, 0.3) is 0 Å². The van der Waals surface area contributed by atoms with Crippen molar-refractivity contribution in [2.45, 2.75) is 38.0 Å². The lowest BCUT2D eigenvalue weighted by Gasteiger charge is -2.26. The Morgan fingerprint density at radius 3 is 2.42 bits per heavy atom. The van der Waals surface area contributed by atoms with E-state index in [-0.39, 0.29) is 5.56 Å². The van der Waals surface area contributed by atoms with E-state index >= 15 is 0 Å². The molecule has 3 rings (SSSR count). The molecule has 0 saturated carbocycles. The fourth-order valence-corrected chi connectivity index (χ4v) is 5.03. The van der Waals surface area contributed by atoms with Gasteiger partial charge in [0.15, 0.2) is 0 Å². The van der Waals surface area contributed by atoms with Crippen LogP contribution in [0.4, 0.5) is 10.1 Å². The second-order valence-corrected chi connectivity index (χ2v) is 8.99. The smallest absolute Gasteiger partial charge is 0.255 e. The summed E-state index contributed by atoms with van der Waals surface area (Å²) in [6.45, 7) is 5.21. The van der Waals surface area contributed by atoms with Crippen LogP contribution >= 0.6 is 0 Å². The SMILES string of the molecule is CCOc1ccc(OCC)c(NC(=O)c2ccc(F)c(S(=O)(=O)N3CCCCC3)c2)c1. The highest BCUT2D eigenvalue weighted by molar-refractivity contribution is 7.89. The van der Waals surface area contributed by atoms with Gasteiger partial charge in [-0.15, -0.1) is 0 Å². The molecule has 1 amide bonds. The second-order valence-electron chi connectivity index (χ2n) is 7.09. The summed E-state index contributed by atoms with van der Waals surface area (Å²) in [4.78, 5) is 12.4. The van der Waals surface area contributed by atoms with E-state index in [1.165, 1.54) is 10.4 Å². The molecular formula is C22H27FN2O5S. The highest BCUT2D eigenvalue weighted by Gasteiger charge is 2.29. The molecular weight excluding hydrogens is 423 g/mol. The van der Waals surface area contributed by atoms with Crippen LogP contribution in [0, 0.1) is 5.82 Å². The van der Waals surface area contributed by atoms with Gasteiger partial charge in [0.25, 0.3) is 5.91 Å². The number of nitrogens with zero attached hydrogens (tertiary/aromatic N) is 1. The molecule has 2 aromatic rings. The van der Waals surface area contributed by atoms with Crippen LogP contribution in [0.2, 0.25) is 0 Å². The van der Waals surface area contributed by atoms with Crippen LogP contribution in [0.1, 0.15) is 43.5 Å². The Bertz CT molecular complexity index is 1040. The van der Waals surface area contributed by atoms with E-state index in [2.05, 4.69) is 5.32 Å². The van der Waals surface area contributed by atoms with Crippen molar-refractivity contribution in [3.8, 4) is 11.5 Å². The third kappa shape index (κ3) is 5.34. The Hall–Kier alpha value is -2.65. The Balaban J connectivity index is 1.89. The number of amides is 1. The maximum Gasteiger partial charge on any atom is 0.255 e. The number of hydrogen-bond donors (Lipinski definition) is 1. The van der Waals surface area contributed by atoms with Gasteiger partial charge in [-0.05, 0) is 57.0 Å². The lowest BCUT2D eigenvalue weighted by atomic mass is 10.2. The number of halogens is 1. The molecule has 1 heterocycles. The molecule has 9 heteroatoms. The maximum atomic E-state index is 14.4. The van der Waals surface area contributed by atoms with Gasteiger partial charge < -0.3 is 14.8 Å². The molecule has 0 aliphatic carbocycles. The Labute approximate surface area is 182 Å². The normalized spacial score (nSPS) is 14.8. The number of carbonyl (C=O) groups excluding carboxylic acids is 1. The first-order valence-corrected chi connectivity index (χ1v) is 11.8. The van der Waals surface area contributed by atoms with Crippen molar-refractivity contribution in [2.24, 2.45) is 0 Å². The molecule has 1 aliphatic rings. The monoisotopic (exact) mass is 450 g/mol. The quantitative estimate of drug-likeness (QED) is 0.656. The van der Waals surface area contributed by atoms with Gasteiger partial charge in [-0.3, -0.25) is 4.79 Å². The number of sulfonamides is 1. The molecule has 31 heavy (non-hydrogen) atoms. The van der Waals surface area contributed by atoms with Gasteiger partial charge in [0.05, 0.1) is 18.9 Å². The fraction of sp³-hybridized carbons (Fsp3) is 0.409. The summed E-state index contributed by atoms with van der Waals surface area (Å²) in [6.07, 6.45) is 2.41. The first-order chi connectivity index (χ1) is 14.9. The standard InChI is InChI=1S/C22H27FN2O5S/c1-3-29-17-9-11-20(30-4-2)19(15-17)24-22(26)16-8-10-18(23)21(14-16)31(27,28)25-12-6-5-7-13-25/h8-11,14-15H,3-7,12-13H2,1-2H3,(H,24,26). The Morgan fingerprint density at radius 1 is 1.03 bits per heavy atom. The first kappa shape index (κ1) is 23.0. The lowest BCUT2D eigenvalue weighted by Crippen LogP contribution is -2.36. The number of piperidine rings is 1. The number of benzene rings is 2. The van der Waals surface area contributed by atoms with Crippen molar-refractivity contribution in [1.29, 1.82) is 0 Å². The number of ether oxygens (including phenoxy) is 2. The molecule has 0 radical (unpaired) electrons. The molecule has 1 N–H and O–H groups in total. The summed E-state index contributed by atoms with van der Waals surface area (Å²) in [6, 6.07) is 8.38. The largest absolute Gasteiger partial charge is 0.494 e. The summed E-state index contributed by atoms with van der Waals surface area (Å²) in [5, 5.41) is 2.71. The number of anilines is 1. The van der Waals surface area contributed by atoms with E-state index in [9.17, 15) is 17.6 Å². The summed E-state index contributed by atoms with van der Waals surface area (Å²) in [5.74, 6) is -0.462. The van der Waals surface area contributed by atoms with E-state index < -0.39 is 26.6 Å². The van der Waals surface area contributed by atoms with Crippen molar-refractivity contribution < 1.29 is 27.1 Å². The molecule has 168 valence electrons. The molecule has 0 unspecified atom stereocenters. The number of carbonyl (C=O) groups is 1. The molecule has 1 saturated heterocycles. The highest BCUT2D eigenvalue weighted by atomic mass is 32.2. The van der Waals surface area contributed by atoms with Crippen LogP contribution < -0.4 is 14.8 Å². The maximum absolute atomic E-state index is 14.4. The van der Waals surface area contributed by atoms with E-state index in [1.807, 2.05) is 13.8 Å².